The second-order valence-electron chi connectivity index (χ2n) is 6.63. The van der Waals surface area contributed by atoms with Gasteiger partial charge in [-0.1, -0.05) is 103 Å². The smallest absolute Gasteiger partial charge is 0.870 e. The molecule has 0 aromatic carbocycles. The minimum atomic E-state index is -4.26. The third kappa shape index (κ3) is 30.1. The van der Waals surface area contributed by atoms with Gasteiger partial charge in [0, 0.05) is 0 Å². The molecule has 0 bridgehead atoms. The van der Waals surface area contributed by atoms with Crippen molar-refractivity contribution in [2.75, 3.05) is 6.61 Å². The average molecular weight is 390 g/mol. The van der Waals surface area contributed by atoms with Crippen molar-refractivity contribution in [3.8, 4) is 0 Å². The third-order valence-electron chi connectivity index (χ3n) is 4.26. The molecular weight excluding hydrogens is 350 g/mol. The van der Waals surface area contributed by atoms with Gasteiger partial charge in [0.15, 0.2) is 0 Å². The van der Waals surface area contributed by atoms with Crippen molar-refractivity contribution in [1.29, 1.82) is 0 Å². The fraction of sp³-hybridized carbons (Fsp3) is 1.00. The Kier molecular flexibility index (Phi) is 28.5. The summed E-state index contributed by atoms with van der Waals surface area (Å²) < 4.78 is 14.9. The zero-order chi connectivity index (χ0) is 17.2. The minimum Gasteiger partial charge on any atom is -0.870 e. The van der Waals surface area contributed by atoms with Crippen LogP contribution in [0, 0.1) is 0 Å². The molecule has 0 saturated carbocycles. The van der Waals surface area contributed by atoms with Crippen LogP contribution in [0.25, 0.3) is 0 Å². The van der Waals surface area contributed by atoms with Gasteiger partial charge in [-0.25, -0.2) is 4.57 Å². The van der Waals surface area contributed by atoms with Gasteiger partial charge in [0.25, 0.3) is 0 Å². The van der Waals surface area contributed by atoms with E-state index >= 15 is 0 Å². The fourth-order valence-corrected chi connectivity index (χ4v) is 3.20. The molecule has 0 aliphatic carbocycles. The van der Waals surface area contributed by atoms with E-state index in [1.165, 1.54) is 83.5 Å². The molecule has 0 saturated heterocycles. The molecule has 0 aromatic rings. The Hall–Kier alpha value is 1.07. The summed E-state index contributed by atoms with van der Waals surface area (Å²) >= 11 is 0. The van der Waals surface area contributed by atoms with Gasteiger partial charge in [0.1, 0.15) is 0 Å². The number of hydrogen-bond acceptors (Lipinski definition) is 3. The van der Waals surface area contributed by atoms with Crippen molar-refractivity contribution in [2.24, 2.45) is 0 Å². The van der Waals surface area contributed by atoms with E-state index in [1.54, 1.807) is 0 Å². The van der Waals surface area contributed by atoms with Crippen molar-refractivity contribution in [1.82, 2.24) is 0 Å². The van der Waals surface area contributed by atoms with Crippen molar-refractivity contribution in [3.63, 3.8) is 0 Å². The van der Waals surface area contributed by atoms with E-state index in [4.69, 9.17) is 9.79 Å². The largest absolute Gasteiger partial charge is 1.00 e. The standard InChI is InChI=1S/C18H39O4P.Na.H2O/c1-2-3-4-5-6-7-8-9-10-11-12-13-14-15-16-17-18-22-23(19,20)21;;/h2-18H2,1H3,(H2,19,20,21);;1H2/q;+1;/p-1. The zero-order valence-electron chi connectivity index (χ0n) is 16.6. The molecular formula is C18H40NaO5P. The van der Waals surface area contributed by atoms with Crippen LogP contribution in [0.15, 0.2) is 0 Å². The van der Waals surface area contributed by atoms with Gasteiger partial charge in [0.2, 0.25) is 0 Å². The molecule has 0 unspecified atom stereocenters. The van der Waals surface area contributed by atoms with Crippen LogP contribution in [0.2, 0.25) is 0 Å². The molecule has 0 amide bonds. The Bertz CT molecular complexity index is 287. The second kappa shape index (κ2) is 23.1. The Balaban J connectivity index is -0.00000242. The maximum atomic E-state index is 10.5. The Morgan fingerprint density at radius 3 is 1.20 bits per heavy atom. The van der Waals surface area contributed by atoms with E-state index in [1.807, 2.05) is 0 Å². The van der Waals surface area contributed by atoms with Crippen LogP contribution in [0.1, 0.15) is 110 Å². The molecule has 0 spiro atoms. The third-order valence-corrected chi connectivity index (χ3v) is 4.78. The maximum Gasteiger partial charge on any atom is 1.00 e. The Morgan fingerprint density at radius 2 is 0.920 bits per heavy atom. The first-order chi connectivity index (χ1) is 11.1. The van der Waals surface area contributed by atoms with Crippen LogP contribution in [-0.4, -0.2) is 21.9 Å². The molecule has 0 aliphatic heterocycles. The molecule has 5 nitrogen and oxygen atoms in total. The van der Waals surface area contributed by atoms with E-state index in [9.17, 15) is 4.57 Å². The van der Waals surface area contributed by atoms with E-state index in [0.717, 1.165) is 19.3 Å². The number of phosphoric ester groups is 1. The molecule has 0 fully saturated rings. The van der Waals surface area contributed by atoms with Crippen LogP contribution < -0.4 is 29.6 Å². The van der Waals surface area contributed by atoms with E-state index in [0.29, 0.717) is 0 Å². The van der Waals surface area contributed by atoms with E-state index in [-0.39, 0.29) is 41.6 Å². The maximum absolute atomic E-state index is 10.5. The van der Waals surface area contributed by atoms with Gasteiger partial charge in [-0.15, -0.1) is 0 Å². The van der Waals surface area contributed by atoms with Crippen LogP contribution in [-0.2, 0) is 9.09 Å². The summed E-state index contributed by atoms with van der Waals surface area (Å²) in [4.78, 5) is 17.1. The van der Waals surface area contributed by atoms with Gasteiger partial charge in [0.05, 0.1) is 6.61 Å². The van der Waals surface area contributed by atoms with Crippen molar-refractivity contribution in [3.05, 3.63) is 0 Å². The molecule has 7 heteroatoms. The summed E-state index contributed by atoms with van der Waals surface area (Å²) in [5, 5.41) is 0. The van der Waals surface area contributed by atoms with Gasteiger partial charge < -0.3 is 15.3 Å². The topological polar surface area (TPSA) is 96.8 Å². The molecule has 0 atom stereocenters. The monoisotopic (exact) mass is 390 g/mol. The summed E-state index contributed by atoms with van der Waals surface area (Å²) in [6, 6.07) is 0. The molecule has 3 N–H and O–H groups in total. The summed E-state index contributed by atoms with van der Waals surface area (Å²) in [6.45, 7) is 2.43. The SMILES string of the molecule is CCCCCCCCCCCCCCCCCCOP(=O)(O)O.[Na+].[OH-]. The summed E-state index contributed by atoms with van der Waals surface area (Å²) in [5.41, 5.74) is 0. The van der Waals surface area contributed by atoms with Gasteiger partial charge in [-0.05, 0) is 6.42 Å². The molecule has 148 valence electrons. The normalized spacial score (nSPS) is 11.0. The number of phosphoric acid groups is 1. The molecule has 0 aliphatic rings. The molecule has 0 aromatic heterocycles. The van der Waals surface area contributed by atoms with Crippen LogP contribution >= 0.6 is 7.82 Å². The van der Waals surface area contributed by atoms with Crippen LogP contribution in [0.5, 0.6) is 0 Å². The first kappa shape index (κ1) is 30.8. The van der Waals surface area contributed by atoms with Crippen molar-refractivity contribution < 1.29 is 53.9 Å². The van der Waals surface area contributed by atoms with Crippen molar-refractivity contribution in [2.45, 2.75) is 110 Å². The van der Waals surface area contributed by atoms with Crippen LogP contribution in [0.4, 0.5) is 0 Å². The first-order valence-electron chi connectivity index (χ1n) is 9.76. The zero-order valence-corrected chi connectivity index (χ0v) is 19.5. The Labute approximate surface area is 177 Å². The quantitative estimate of drug-likeness (QED) is 0.213. The number of hydrogen-bond donors (Lipinski definition) is 2. The predicted molar refractivity (Wildman–Crippen MR) is 99.5 cm³/mol. The van der Waals surface area contributed by atoms with Gasteiger partial charge in [-0.3, -0.25) is 4.52 Å². The molecule has 0 radical (unpaired) electrons. The average Bonchev–Trinajstić information content (AvgIpc) is 2.49. The number of unbranched alkanes of at least 4 members (excludes halogenated alkanes) is 15. The molecule has 0 heterocycles. The minimum absolute atomic E-state index is 0. The first-order valence-corrected chi connectivity index (χ1v) is 11.3. The van der Waals surface area contributed by atoms with E-state index in [2.05, 4.69) is 11.4 Å². The molecule has 0 rings (SSSR count). The van der Waals surface area contributed by atoms with Crippen molar-refractivity contribution >= 4 is 7.82 Å². The van der Waals surface area contributed by atoms with Gasteiger partial charge >= 0.3 is 37.4 Å². The predicted octanol–water partition coefficient (Wildman–Crippen LogP) is 3.18. The van der Waals surface area contributed by atoms with Crippen LogP contribution in [0.3, 0.4) is 0 Å². The second-order valence-corrected chi connectivity index (χ2v) is 7.87. The Morgan fingerprint density at radius 1 is 0.640 bits per heavy atom. The fourth-order valence-electron chi connectivity index (χ4n) is 2.83. The summed E-state index contributed by atoms with van der Waals surface area (Å²) in [5.74, 6) is 0. The van der Waals surface area contributed by atoms with E-state index < -0.39 is 7.82 Å². The summed E-state index contributed by atoms with van der Waals surface area (Å²) in [7, 11) is -4.26. The van der Waals surface area contributed by atoms with Gasteiger partial charge in [-0.2, -0.15) is 0 Å². The number of rotatable bonds is 18. The molecule has 25 heavy (non-hydrogen) atoms. The summed E-state index contributed by atoms with van der Waals surface area (Å²) in [6.07, 6.45) is 20.7.